The molecule has 0 aliphatic heterocycles. The van der Waals surface area contributed by atoms with Gasteiger partial charge in [-0.2, -0.15) is 0 Å². The van der Waals surface area contributed by atoms with Gasteiger partial charge >= 0.3 is 0 Å². The zero-order valence-corrected chi connectivity index (χ0v) is 14.0. The lowest BCUT2D eigenvalue weighted by Gasteiger charge is -2.12. The first-order chi connectivity index (χ1) is 10.1. The molecule has 1 aromatic heterocycles. The summed E-state index contributed by atoms with van der Waals surface area (Å²) in [6, 6.07) is 4.88. The molecule has 0 fully saturated rings. The molecule has 114 valence electrons. The van der Waals surface area contributed by atoms with Crippen LogP contribution in [0.1, 0.15) is 39.5 Å². The van der Waals surface area contributed by atoms with Crippen LogP contribution in [0.15, 0.2) is 22.5 Å². The summed E-state index contributed by atoms with van der Waals surface area (Å²) in [6.45, 7) is 4.46. The third kappa shape index (κ3) is 4.41. The monoisotopic (exact) mass is 324 g/mol. The summed E-state index contributed by atoms with van der Waals surface area (Å²) in [5.41, 5.74) is 0.992. The summed E-state index contributed by atoms with van der Waals surface area (Å²) in [6.07, 6.45) is 5.00. The second kappa shape index (κ2) is 7.75. The van der Waals surface area contributed by atoms with Gasteiger partial charge in [0.1, 0.15) is 0 Å². The molecule has 0 aliphatic carbocycles. The maximum absolute atomic E-state index is 10.8. The molecule has 2 rings (SSSR count). The summed E-state index contributed by atoms with van der Waals surface area (Å²) >= 11 is 3.33. The summed E-state index contributed by atoms with van der Waals surface area (Å²) < 4.78 is 1.91. The maximum atomic E-state index is 10.8. The molecular weight excluding hydrogens is 304 g/mol. The highest BCUT2D eigenvalue weighted by Crippen LogP contribution is 2.33. The summed E-state index contributed by atoms with van der Waals surface area (Å²) in [5.74, 6) is 1.81. The predicted molar refractivity (Wildman–Crippen MR) is 90.3 cm³/mol. The number of fused-ring (bicyclic) bond motifs is 1. The van der Waals surface area contributed by atoms with Gasteiger partial charge in [0, 0.05) is 17.9 Å². The van der Waals surface area contributed by atoms with Crippen LogP contribution >= 0.6 is 23.1 Å². The van der Waals surface area contributed by atoms with Crippen LogP contribution in [0.4, 0.5) is 5.69 Å². The molecule has 1 unspecified atom stereocenters. The second-order valence-electron chi connectivity index (χ2n) is 5.12. The van der Waals surface area contributed by atoms with Crippen LogP contribution in [0.3, 0.4) is 0 Å². The number of unbranched alkanes of at least 4 members (excludes halogenated alkanes) is 1. The zero-order valence-electron chi connectivity index (χ0n) is 12.4. The van der Waals surface area contributed by atoms with Crippen molar-refractivity contribution in [2.24, 2.45) is 5.92 Å². The lowest BCUT2D eigenvalue weighted by atomic mass is 10.0. The highest BCUT2D eigenvalue weighted by Gasteiger charge is 2.12. The topological polar surface area (TPSA) is 56.0 Å². The number of nitro benzene ring substituents is 1. The first kappa shape index (κ1) is 16.2. The molecule has 0 N–H and O–H groups in total. The van der Waals surface area contributed by atoms with Crippen LogP contribution in [0.25, 0.3) is 10.2 Å². The molecule has 2 aromatic rings. The Hall–Kier alpha value is -1.14. The van der Waals surface area contributed by atoms with E-state index >= 15 is 0 Å². The molecule has 1 aromatic carbocycles. The molecule has 0 bridgehead atoms. The Morgan fingerprint density at radius 3 is 2.90 bits per heavy atom. The van der Waals surface area contributed by atoms with Gasteiger partial charge < -0.3 is 0 Å². The number of benzene rings is 1. The fraction of sp³-hybridized carbons (Fsp3) is 0.533. The van der Waals surface area contributed by atoms with Gasteiger partial charge in [0.15, 0.2) is 4.34 Å². The molecule has 1 heterocycles. The summed E-state index contributed by atoms with van der Waals surface area (Å²) in [4.78, 5) is 15.0. The Kier molecular flexibility index (Phi) is 5.99. The van der Waals surface area contributed by atoms with Crippen molar-refractivity contribution >= 4 is 39.0 Å². The highest BCUT2D eigenvalue weighted by atomic mass is 32.2. The number of nitro groups is 1. The number of rotatable bonds is 8. The van der Waals surface area contributed by atoms with Crippen molar-refractivity contribution in [2.45, 2.75) is 43.9 Å². The number of thiazole rings is 1. The van der Waals surface area contributed by atoms with Crippen molar-refractivity contribution in [2.75, 3.05) is 5.75 Å². The molecule has 6 heteroatoms. The summed E-state index contributed by atoms with van der Waals surface area (Å²) in [7, 11) is 0. The van der Waals surface area contributed by atoms with E-state index in [1.54, 1.807) is 35.2 Å². The fourth-order valence-corrected chi connectivity index (χ4v) is 4.54. The minimum absolute atomic E-state index is 0.136. The van der Waals surface area contributed by atoms with Crippen LogP contribution in [0.2, 0.25) is 0 Å². The Balaban J connectivity index is 2.03. The lowest BCUT2D eigenvalue weighted by Crippen LogP contribution is -2.01. The normalized spacial score (nSPS) is 12.7. The highest BCUT2D eigenvalue weighted by molar-refractivity contribution is 8.01. The molecule has 0 radical (unpaired) electrons. The average molecular weight is 324 g/mol. The predicted octanol–water partition coefficient (Wildman–Crippen LogP) is 5.51. The van der Waals surface area contributed by atoms with E-state index in [1.165, 1.54) is 31.7 Å². The lowest BCUT2D eigenvalue weighted by molar-refractivity contribution is -0.384. The van der Waals surface area contributed by atoms with Crippen molar-refractivity contribution < 1.29 is 4.92 Å². The van der Waals surface area contributed by atoms with Crippen LogP contribution in [0.5, 0.6) is 0 Å². The average Bonchev–Trinajstić information content (AvgIpc) is 2.89. The molecule has 21 heavy (non-hydrogen) atoms. The van der Waals surface area contributed by atoms with E-state index in [-0.39, 0.29) is 10.6 Å². The first-order valence-electron chi connectivity index (χ1n) is 7.31. The van der Waals surface area contributed by atoms with Gasteiger partial charge in [-0.1, -0.05) is 44.9 Å². The van der Waals surface area contributed by atoms with Gasteiger partial charge in [0.05, 0.1) is 15.1 Å². The standard InChI is InChI=1S/C15H20N2O2S2/c1-3-5-6-11(4-2)10-20-15-16-13-8-7-12(17(18)19)9-14(13)21-15/h7-9,11H,3-6,10H2,1-2H3. The number of hydrogen-bond acceptors (Lipinski definition) is 5. The number of aromatic nitrogens is 1. The Morgan fingerprint density at radius 1 is 1.43 bits per heavy atom. The molecule has 0 saturated heterocycles. The van der Waals surface area contributed by atoms with Crippen LogP contribution in [-0.2, 0) is 0 Å². The van der Waals surface area contributed by atoms with E-state index in [0.717, 1.165) is 26.2 Å². The van der Waals surface area contributed by atoms with Crippen LogP contribution in [-0.4, -0.2) is 15.7 Å². The Labute approximate surface area is 133 Å². The quantitative estimate of drug-likeness (QED) is 0.365. The van der Waals surface area contributed by atoms with Crippen molar-refractivity contribution in [3.05, 3.63) is 28.3 Å². The fourth-order valence-electron chi connectivity index (χ4n) is 2.15. The van der Waals surface area contributed by atoms with E-state index in [4.69, 9.17) is 0 Å². The molecule has 0 saturated carbocycles. The smallest absolute Gasteiger partial charge is 0.258 e. The van der Waals surface area contributed by atoms with Gasteiger partial charge in [0.2, 0.25) is 0 Å². The number of nitrogens with zero attached hydrogens (tertiary/aromatic N) is 2. The van der Waals surface area contributed by atoms with Gasteiger partial charge in [-0.05, 0) is 18.4 Å². The molecule has 4 nitrogen and oxygen atoms in total. The SMILES string of the molecule is CCCCC(CC)CSc1nc2ccc([N+](=O)[O-])cc2s1. The largest absolute Gasteiger partial charge is 0.270 e. The van der Waals surface area contributed by atoms with E-state index < -0.39 is 0 Å². The van der Waals surface area contributed by atoms with E-state index in [2.05, 4.69) is 18.8 Å². The number of non-ortho nitro benzene ring substituents is 1. The van der Waals surface area contributed by atoms with E-state index in [0.29, 0.717) is 0 Å². The molecular formula is C15H20N2O2S2. The third-order valence-electron chi connectivity index (χ3n) is 3.55. The van der Waals surface area contributed by atoms with Crippen molar-refractivity contribution in [3.8, 4) is 0 Å². The Bertz CT molecular complexity index is 613. The second-order valence-corrected chi connectivity index (χ2v) is 7.41. The van der Waals surface area contributed by atoms with E-state index in [9.17, 15) is 10.1 Å². The van der Waals surface area contributed by atoms with Gasteiger partial charge in [-0.15, -0.1) is 11.3 Å². The van der Waals surface area contributed by atoms with Gasteiger partial charge in [0.25, 0.3) is 5.69 Å². The van der Waals surface area contributed by atoms with Crippen molar-refractivity contribution in [1.82, 2.24) is 4.98 Å². The first-order valence-corrected chi connectivity index (χ1v) is 9.12. The molecule has 0 aliphatic rings. The summed E-state index contributed by atoms with van der Waals surface area (Å²) in [5, 5.41) is 10.8. The minimum atomic E-state index is -0.357. The minimum Gasteiger partial charge on any atom is -0.258 e. The van der Waals surface area contributed by atoms with Gasteiger partial charge in [-0.25, -0.2) is 4.98 Å². The van der Waals surface area contributed by atoms with E-state index in [1.807, 2.05) is 0 Å². The van der Waals surface area contributed by atoms with Gasteiger partial charge in [-0.3, -0.25) is 10.1 Å². The third-order valence-corrected chi connectivity index (χ3v) is 5.94. The van der Waals surface area contributed by atoms with Crippen molar-refractivity contribution in [3.63, 3.8) is 0 Å². The molecule has 0 spiro atoms. The Morgan fingerprint density at radius 2 is 2.24 bits per heavy atom. The zero-order chi connectivity index (χ0) is 15.2. The molecule has 1 atom stereocenters. The van der Waals surface area contributed by atoms with Crippen LogP contribution in [0, 0.1) is 16.0 Å². The number of hydrogen-bond donors (Lipinski definition) is 0. The molecule has 0 amide bonds. The number of thioether (sulfide) groups is 1. The van der Waals surface area contributed by atoms with Crippen molar-refractivity contribution in [1.29, 1.82) is 0 Å². The van der Waals surface area contributed by atoms with Crippen LogP contribution < -0.4 is 0 Å². The maximum Gasteiger partial charge on any atom is 0.270 e.